The molecule has 0 unspecified atom stereocenters. The lowest BCUT2D eigenvalue weighted by molar-refractivity contribution is 0.0331. The van der Waals surface area contributed by atoms with Crippen molar-refractivity contribution in [1.82, 2.24) is 14.9 Å². The number of anilines is 1. The SMILES string of the molecule is CCOc1ccc(Br)cc1S(=O)(=O)Nc1nc(CN2CCOCC2)nc2sc3c(c12)CCCC3. The first-order valence-electron chi connectivity index (χ1n) is 11.5. The molecule has 3 heterocycles. The molecule has 3 aromatic rings. The van der Waals surface area contributed by atoms with Gasteiger partial charge in [0.05, 0.1) is 31.8 Å². The summed E-state index contributed by atoms with van der Waals surface area (Å²) in [6.45, 7) is 5.71. The zero-order valence-electron chi connectivity index (χ0n) is 19.0. The number of hydrogen-bond acceptors (Lipinski definition) is 8. The Bertz CT molecular complexity index is 1310. The van der Waals surface area contributed by atoms with Crippen LogP contribution >= 0.6 is 27.3 Å². The number of benzene rings is 1. The topological polar surface area (TPSA) is 93.7 Å². The van der Waals surface area contributed by atoms with Crippen LogP contribution < -0.4 is 9.46 Å². The summed E-state index contributed by atoms with van der Waals surface area (Å²) in [7, 11) is -3.96. The maximum absolute atomic E-state index is 13.6. The van der Waals surface area contributed by atoms with Crippen molar-refractivity contribution < 1.29 is 17.9 Å². The Labute approximate surface area is 211 Å². The lowest BCUT2D eigenvalue weighted by Crippen LogP contribution is -2.36. The molecule has 34 heavy (non-hydrogen) atoms. The van der Waals surface area contributed by atoms with Crippen LogP contribution in [0.15, 0.2) is 27.6 Å². The fourth-order valence-corrected chi connectivity index (χ4v) is 7.43. The van der Waals surface area contributed by atoms with E-state index < -0.39 is 10.0 Å². The Kier molecular flexibility index (Phi) is 7.08. The molecule has 1 aliphatic heterocycles. The number of morpholine rings is 1. The van der Waals surface area contributed by atoms with Crippen molar-refractivity contribution in [3.8, 4) is 5.75 Å². The van der Waals surface area contributed by atoms with Crippen molar-refractivity contribution in [1.29, 1.82) is 0 Å². The monoisotopic (exact) mass is 566 g/mol. The number of sulfonamides is 1. The van der Waals surface area contributed by atoms with Gasteiger partial charge in [-0.05, 0) is 56.4 Å². The Morgan fingerprint density at radius 1 is 1.21 bits per heavy atom. The average molecular weight is 568 g/mol. The molecule has 1 aliphatic carbocycles. The highest BCUT2D eigenvalue weighted by Crippen LogP contribution is 2.40. The molecule has 2 aliphatic rings. The molecule has 0 saturated carbocycles. The molecule has 182 valence electrons. The molecule has 0 atom stereocenters. The molecule has 0 bridgehead atoms. The highest BCUT2D eigenvalue weighted by atomic mass is 79.9. The first kappa shape index (κ1) is 23.9. The van der Waals surface area contributed by atoms with Crippen molar-refractivity contribution in [3.05, 3.63) is 38.9 Å². The summed E-state index contributed by atoms with van der Waals surface area (Å²) in [5.41, 5.74) is 1.18. The molecular weight excluding hydrogens is 540 g/mol. The second-order valence-electron chi connectivity index (χ2n) is 8.40. The molecule has 1 aromatic carbocycles. The minimum absolute atomic E-state index is 0.0781. The van der Waals surface area contributed by atoms with Gasteiger partial charge in [-0.15, -0.1) is 11.3 Å². The van der Waals surface area contributed by atoms with E-state index in [4.69, 9.17) is 19.4 Å². The van der Waals surface area contributed by atoms with Crippen molar-refractivity contribution in [2.24, 2.45) is 0 Å². The van der Waals surface area contributed by atoms with E-state index in [-0.39, 0.29) is 4.90 Å². The van der Waals surface area contributed by atoms with Crippen LogP contribution in [-0.2, 0) is 34.1 Å². The van der Waals surface area contributed by atoms with Crippen LogP contribution in [0.2, 0.25) is 0 Å². The van der Waals surface area contributed by atoms with Gasteiger partial charge in [0.2, 0.25) is 0 Å². The van der Waals surface area contributed by atoms with E-state index in [1.807, 2.05) is 6.92 Å². The van der Waals surface area contributed by atoms with Gasteiger partial charge in [-0.2, -0.15) is 0 Å². The van der Waals surface area contributed by atoms with Crippen LogP contribution in [0.4, 0.5) is 5.82 Å². The maximum Gasteiger partial charge on any atom is 0.266 e. The summed E-state index contributed by atoms with van der Waals surface area (Å²) in [6, 6.07) is 4.99. The van der Waals surface area contributed by atoms with Gasteiger partial charge in [0.15, 0.2) is 5.82 Å². The van der Waals surface area contributed by atoms with E-state index in [1.165, 1.54) is 10.4 Å². The average Bonchev–Trinajstić information content (AvgIpc) is 3.19. The Morgan fingerprint density at radius 3 is 2.79 bits per heavy atom. The zero-order chi connectivity index (χ0) is 23.7. The van der Waals surface area contributed by atoms with Crippen molar-refractivity contribution in [2.45, 2.75) is 44.0 Å². The van der Waals surface area contributed by atoms with Crippen LogP contribution in [0.3, 0.4) is 0 Å². The molecular formula is C23H27BrN4O4S2. The number of halogens is 1. The summed E-state index contributed by atoms with van der Waals surface area (Å²) < 4.78 is 41.7. The van der Waals surface area contributed by atoms with Crippen LogP contribution in [0.25, 0.3) is 10.2 Å². The predicted molar refractivity (Wildman–Crippen MR) is 136 cm³/mol. The fourth-order valence-electron chi connectivity index (χ4n) is 4.45. The highest BCUT2D eigenvalue weighted by Gasteiger charge is 2.27. The minimum atomic E-state index is -3.96. The van der Waals surface area contributed by atoms with Crippen LogP contribution in [0, 0.1) is 0 Å². The quantitative estimate of drug-likeness (QED) is 0.454. The molecule has 11 heteroatoms. The van der Waals surface area contributed by atoms with Gasteiger partial charge in [-0.3, -0.25) is 9.62 Å². The molecule has 0 spiro atoms. The van der Waals surface area contributed by atoms with Gasteiger partial charge in [0, 0.05) is 22.4 Å². The summed E-state index contributed by atoms with van der Waals surface area (Å²) >= 11 is 5.05. The lowest BCUT2D eigenvalue weighted by atomic mass is 9.97. The minimum Gasteiger partial charge on any atom is -0.492 e. The maximum atomic E-state index is 13.6. The number of rotatable bonds is 7. The summed E-state index contributed by atoms with van der Waals surface area (Å²) in [4.78, 5) is 14.1. The number of aromatic nitrogens is 2. The van der Waals surface area contributed by atoms with E-state index in [2.05, 4.69) is 25.6 Å². The Hall–Kier alpha value is -1.79. The number of fused-ring (bicyclic) bond motifs is 3. The first-order valence-corrected chi connectivity index (χ1v) is 14.6. The Balaban J connectivity index is 1.58. The van der Waals surface area contributed by atoms with Crippen LogP contribution in [0.5, 0.6) is 5.75 Å². The van der Waals surface area contributed by atoms with E-state index in [0.29, 0.717) is 48.2 Å². The number of thiophene rings is 1. The van der Waals surface area contributed by atoms with Gasteiger partial charge in [-0.25, -0.2) is 18.4 Å². The molecule has 2 aromatic heterocycles. The molecule has 5 rings (SSSR count). The largest absolute Gasteiger partial charge is 0.492 e. The normalized spacial score (nSPS) is 17.0. The second-order valence-corrected chi connectivity index (χ2v) is 12.0. The third-order valence-electron chi connectivity index (χ3n) is 6.06. The summed E-state index contributed by atoms with van der Waals surface area (Å²) in [5.74, 6) is 1.28. The van der Waals surface area contributed by atoms with E-state index in [1.54, 1.807) is 29.5 Å². The van der Waals surface area contributed by atoms with E-state index in [9.17, 15) is 8.42 Å². The van der Waals surface area contributed by atoms with Crippen molar-refractivity contribution >= 4 is 53.3 Å². The van der Waals surface area contributed by atoms with Gasteiger partial charge >= 0.3 is 0 Å². The van der Waals surface area contributed by atoms with Gasteiger partial charge in [-0.1, -0.05) is 15.9 Å². The smallest absolute Gasteiger partial charge is 0.266 e. The number of nitrogens with zero attached hydrogens (tertiary/aromatic N) is 3. The molecule has 1 saturated heterocycles. The summed E-state index contributed by atoms with van der Waals surface area (Å²) in [6.07, 6.45) is 4.14. The number of nitrogens with one attached hydrogen (secondary N) is 1. The fraction of sp³-hybridized carbons (Fsp3) is 0.478. The number of aryl methyl sites for hydroxylation is 2. The first-order chi connectivity index (χ1) is 16.4. The van der Waals surface area contributed by atoms with Crippen molar-refractivity contribution in [3.63, 3.8) is 0 Å². The van der Waals surface area contributed by atoms with Gasteiger partial charge in [0.25, 0.3) is 10.0 Å². The predicted octanol–water partition coefficient (Wildman–Crippen LogP) is 4.36. The third-order valence-corrected chi connectivity index (χ3v) is 9.09. The molecule has 8 nitrogen and oxygen atoms in total. The van der Waals surface area contributed by atoms with E-state index in [0.717, 1.165) is 49.0 Å². The van der Waals surface area contributed by atoms with Crippen molar-refractivity contribution in [2.75, 3.05) is 37.6 Å². The third kappa shape index (κ3) is 4.94. The molecule has 0 radical (unpaired) electrons. The molecule has 1 N–H and O–H groups in total. The Morgan fingerprint density at radius 2 is 2.00 bits per heavy atom. The second kappa shape index (κ2) is 10.1. The zero-order valence-corrected chi connectivity index (χ0v) is 22.2. The highest BCUT2D eigenvalue weighted by molar-refractivity contribution is 9.10. The number of hydrogen-bond donors (Lipinski definition) is 1. The van der Waals surface area contributed by atoms with E-state index >= 15 is 0 Å². The van der Waals surface area contributed by atoms with Crippen LogP contribution in [0.1, 0.15) is 36.0 Å². The molecule has 1 fully saturated rings. The van der Waals surface area contributed by atoms with Gasteiger partial charge < -0.3 is 9.47 Å². The van der Waals surface area contributed by atoms with Crippen LogP contribution in [-0.4, -0.2) is 56.2 Å². The van der Waals surface area contributed by atoms with Gasteiger partial charge in [0.1, 0.15) is 21.3 Å². The number of ether oxygens (including phenoxy) is 2. The summed E-state index contributed by atoms with van der Waals surface area (Å²) in [5, 5.41) is 0.835. The lowest BCUT2D eigenvalue weighted by Gasteiger charge is -2.25. The molecule has 0 amide bonds. The standard InChI is InChI=1S/C23H27BrN4O4S2/c1-2-32-17-8-7-15(24)13-19(17)34(29,30)27-22-21-16-5-3-4-6-18(16)33-23(21)26-20(25-22)14-28-9-11-31-12-10-28/h7-8,13H,2-6,9-12,14H2,1H3,(H,25,26,27).